The fourth-order valence-electron chi connectivity index (χ4n) is 4.06. The molecular formula is C27H30N2O3. The van der Waals surface area contributed by atoms with Gasteiger partial charge in [0.2, 0.25) is 0 Å². The minimum Gasteiger partial charge on any atom is -0.489 e. The molecule has 0 atom stereocenters. The van der Waals surface area contributed by atoms with Gasteiger partial charge in [-0.1, -0.05) is 60.7 Å². The third kappa shape index (κ3) is 5.75. The van der Waals surface area contributed by atoms with Gasteiger partial charge in [-0.3, -0.25) is 4.79 Å². The topological polar surface area (TPSA) is 61.8 Å². The maximum Gasteiger partial charge on any atom is 0.251 e. The summed E-state index contributed by atoms with van der Waals surface area (Å²) in [5.41, 5.74) is 1.97. The second-order valence-electron chi connectivity index (χ2n) is 8.29. The number of hydrogen-bond donors (Lipinski definition) is 2. The predicted octanol–water partition coefficient (Wildman–Crippen LogP) is 3.98. The molecule has 1 heterocycles. The average Bonchev–Trinajstić information content (AvgIpc) is 2.85. The zero-order valence-corrected chi connectivity index (χ0v) is 18.2. The van der Waals surface area contributed by atoms with Crippen LogP contribution >= 0.6 is 0 Å². The highest BCUT2D eigenvalue weighted by molar-refractivity contribution is 5.94. The molecule has 32 heavy (non-hydrogen) atoms. The van der Waals surface area contributed by atoms with E-state index in [0.717, 1.165) is 36.5 Å². The third-order valence-corrected chi connectivity index (χ3v) is 6.07. The Morgan fingerprint density at radius 1 is 0.906 bits per heavy atom. The lowest BCUT2D eigenvalue weighted by atomic mass is 9.84. The van der Waals surface area contributed by atoms with Gasteiger partial charge in [0, 0.05) is 31.7 Å². The summed E-state index contributed by atoms with van der Waals surface area (Å²) in [7, 11) is 0. The Bertz CT molecular complexity index is 982. The molecule has 1 fully saturated rings. The Morgan fingerprint density at radius 2 is 1.53 bits per heavy atom. The number of carbonyl (C=O) groups excluding carboxylic acids is 1. The van der Waals surface area contributed by atoms with Crippen LogP contribution in [-0.2, 0) is 12.2 Å². The number of amides is 1. The van der Waals surface area contributed by atoms with Gasteiger partial charge in [0.15, 0.2) is 0 Å². The maximum atomic E-state index is 12.5. The van der Waals surface area contributed by atoms with Crippen molar-refractivity contribution >= 4 is 5.91 Å². The first kappa shape index (κ1) is 22.1. The Morgan fingerprint density at radius 3 is 2.19 bits per heavy atom. The van der Waals surface area contributed by atoms with Crippen LogP contribution in [0, 0.1) is 0 Å². The van der Waals surface area contributed by atoms with Crippen LogP contribution in [0.2, 0.25) is 0 Å². The van der Waals surface area contributed by atoms with E-state index in [2.05, 4.69) is 10.2 Å². The first-order chi connectivity index (χ1) is 15.6. The molecule has 1 aliphatic rings. The van der Waals surface area contributed by atoms with E-state index in [0.29, 0.717) is 31.6 Å². The second kappa shape index (κ2) is 10.4. The van der Waals surface area contributed by atoms with Gasteiger partial charge in [-0.25, -0.2) is 0 Å². The largest absolute Gasteiger partial charge is 0.489 e. The zero-order chi connectivity index (χ0) is 22.2. The van der Waals surface area contributed by atoms with Crippen molar-refractivity contribution in [2.45, 2.75) is 25.0 Å². The summed E-state index contributed by atoms with van der Waals surface area (Å²) in [6.07, 6.45) is 1.41. The van der Waals surface area contributed by atoms with Crippen LogP contribution in [0.1, 0.15) is 34.3 Å². The number of benzene rings is 3. The quantitative estimate of drug-likeness (QED) is 0.568. The lowest BCUT2D eigenvalue weighted by Gasteiger charge is -2.38. The molecule has 1 amide bonds. The Hall–Kier alpha value is -3.15. The minimum atomic E-state index is -0.745. The highest BCUT2D eigenvalue weighted by Gasteiger charge is 2.33. The first-order valence-electron chi connectivity index (χ1n) is 11.2. The number of nitrogens with one attached hydrogen (secondary N) is 1. The highest BCUT2D eigenvalue weighted by atomic mass is 16.5. The molecule has 0 radical (unpaired) electrons. The van der Waals surface area contributed by atoms with Crippen LogP contribution in [0.5, 0.6) is 5.75 Å². The molecule has 3 aromatic rings. The average molecular weight is 431 g/mol. The second-order valence-corrected chi connectivity index (χ2v) is 8.29. The molecule has 4 rings (SSSR count). The molecule has 1 saturated heterocycles. The zero-order valence-electron chi connectivity index (χ0n) is 18.2. The number of hydrogen-bond acceptors (Lipinski definition) is 4. The number of piperidine rings is 1. The van der Waals surface area contributed by atoms with E-state index in [4.69, 9.17) is 4.74 Å². The van der Waals surface area contributed by atoms with Gasteiger partial charge in [-0.2, -0.15) is 0 Å². The van der Waals surface area contributed by atoms with Gasteiger partial charge in [0.1, 0.15) is 12.4 Å². The smallest absolute Gasteiger partial charge is 0.251 e. The first-order valence-corrected chi connectivity index (χ1v) is 11.2. The van der Waals surface area contributed by atoms with Crippen LogP contribution in [-0.4, -0.2) is 42.1 Å². The van der Waals surface area contributed by atoms with Gasteiger partial charge >= 0.3 is 0 Å². The number of ether oxygens (including phenoxy) is 1. The van der Waals surface area contributed by atoms with E-state index < -0.39 is 5.60 Å². The van der Waals surface area contributed by atoms with Crippen LogP contribution < -0.4 is 10.1 Å². The van der Waals surface area contributed by atoms with Crippen LogP contribution in [0.15, 0.2) is 84.9 Å². The molecule has 0 unspecified atom stereocenters. The number of carbonyl (C=O) groups is 1. The van der Waals surface area contributed by atoms with E-state index >= 15 is 0 Å². The number of rotatable bonds is 8. The van der Waals surface area contributed by atoms with Gasteiger partial charge in [0.05, 0.1) is 5.60 Å². The van der Waals surface area contributed by atoms with Gasteiger partial charge in [-0.05, 0) is 48.2 Å². The molecule has 3 aromatic carbocycles. The monoisotopic (exact) mass is 430 g/mol. The van der Waals surface area contributed by atoms with Crippen molar-refractivity contribution in [1.29, 1.82) is 0 Å². The summed E-state index contributed by atoms with van der Waals surface area (Å²) in [6, 6.07) is 27.1. The summed E-state index contributed by atoms with van der Waals surface area (Å²) in [4.78, 5) is 14.7. The van der Waals surface area contributed by atoms with Gasteiger partial charge in [-0.15, -0.1) is 0 Å². The van der Waals surface area contributed by atoms with Crippen LogP contribution in [0.3, 0.4) is 0 Å². The molecular weight excluding hydrogens is 400 g/mol. The fourth-order valence-corrected chi connectivity index (χ4v) is 4.06. The van der Waals surface area contributed by atoms with E-state index in [1.807, 2.05) is 72.8 Å². The SMILES string of the molecule is O=C(NCCN1CCC(O)(c2ccccc2)CC1)c1ccc(OCc2ccccc2)cc1. The molecule has 0 aromatic heterocycles. The van der Waals surface area contributed by atoms with Crippen molar-refractivity contribution in [2.24, 2.45) is 0 Å². The standard InChI is InChI=1S/C27H30N2O3/c30-26(23-11-13-25(14-12-23)32-21-22-7-3-1-4-8-22)28-17-20-29-18-15-27(31,16-19-29)24-9-5-2-6-10-24/h1-14,31H,15-21H2,(H,28,30). The van der Waals surface area contributed by atoms with Crippen molar-refractivity contribution < 1.29 is 14.6 Å². The molecule has 0 aliphatic carbocycles. The summed E-state index contributed by atoms with van der Waals surface area (Å²) in [5.74, 6) is 0.655. The van der Waals surface area contributed by atoms with Crippen molar-refractivity contribution in [3.05, 3.63) is 102 Å². The minimum absolute atomic E-state index is 0.0857. The van der Waals surface area contributed by atoms with Crippen molar-refractivity contribution in [3.8, 4) is 5.75 Å². The normalized spacial score (nSPS) is 15.8. The van der Waals surface area contributed by atoms with E-state index in [-0.39, 0.29) is 5.91 Å². The Labute approximate surface area is 189 Å². The van der Waals surface area contributed by atoms with Crippen molar-refractivity contribution in [2.75, 3.05) is 26.2 Å². The fraction of sp³-hybridized carbons (Fsp3) is 0.296. The molecule has 0 saturated carbocycles. The van der Waals surface area contributed by atoms with E-state index in [9.17, 15) is 9.90 Å². The van der Waals surface area contributed by atoms with Crippen LogP contribution in [0.4, 0.5) is 0 Å². The third-order valence-electron chi connectivity index (χ3n) is 6.07. The van der Waals surface area contributed by atoms with Crippen molar-refractivity contribution in [3.63, 3.8) is 0 Å². The molecule has 5 heteroatoms. The predicted molar refractivity (Wildman–Crippen MR) is 126 cm³/mol. The highest BCUT2D eigenvalue weighted by Crippen LogP contribution is 2.32. The number of likely N-dealkylation sites (tertiary alicyclic amines) is 1. The molecule has 2 N–H and O–H groups in total. The molecule has 1 aliphatic heterocycles. The van der Waals surface area contributed by atoms with Crippen molar-refractivity contribution in [1.82, 2.24) is 10.2 Å². The summed E-state index contributed by atoms with van der Waals surface area (Å²) in [6.45, 7) is 3.48. The number of aliphatic hydroxyl groups is 1. The summed E-state index contributed by atoms with van der Waals surface area (Å²) < 4.78 is 5.78. The summed E-state index contributed by atoms with van der Waals surface area (Å²) in [5, 5.41) is 13.9. The Balaban J connectivity index is 1.18. The molecule has 0 bridgehead atoms. The maximum absolute atomic E-state index is 12.5. The number of nitrogens with zero attached hydrogens (tertiary/aromatic N) is 1. The van der Waals surface area contributed by atoms with Crippen LogP contribution in [0.25, 0.3) is 0 Å². The molecule has 0 spiro atoms. The van der Waals surface area contributed by atoms with Gasteiger partial charge < -0.3 is 20.1 Å². The lowest BCUT2D eigenvalue weighted by Crippen LogP contribution is -2.45. The molecule has 166 valence electrons. The van der Waals surface area contributed by atoms with Gasteiger partial charge in [0.25, 0.3) is 5.91 Å². The lowest BCUT2D eigenvalue weighted by molar-refractivity contribution is -0.0255. The summed E-state index contributed by atoms with van der Waals surface area (Å²) >= 11 is 0. The van der Waals surface area contributed by atoms with E-state index in [1.165, 1.54) is 0 Å². The van der Waals surface area contributed by atoms with E-state index in [1.54, 1.807) is 12.1 Å². The Kier molecular flexibility index (Phi) is 7.20. The molecule has 5 nitrogen and oxygen atoms in total.